The molecular weight excluding hydrogens is 214 g/mol. The first-order chi connectivity index (χ1) is 8.33. The topological polar surface area (TPSA) is 39.1 Å². The second-order valence-electron chi connectivity index (χ2n) is 4.70. The molecule has 2 heterocycles. The molecule has 1 aliphatic heterocycles. The van der Waals surface area contributed by atoms with Gasteiger partial charge in [-0.25, -0.2) is 0 Å². The van der Waals surface area contributed by atoms with Crippen molar-refractivity contribution in [2.45, 2.75) is 39.3 Å². The molecule has 0 amide bonds. The summed E-state index contributed by atoms with van der Waals surface area (Å²) in [6.07, 6.45) is 6.33. The van der Waals surface area contributed by atoms with Gasteiger partial charge in [0.05, 0.1) is 12.8 Å². The maximum Gasteiger partial charge on any atom is 0.0521 e. The van der Waals surface area contributed by atoms with Gasteiger partial charge >= 0.3 is 0 Å². The molecule has 1 fully saturated rings. The second kappa shape index (κ2) is 6.17. The summed E-state index contributed by atoms with van der Waals surface area (Å²) in [7, 11) is 0. The highest BCUT2D eigenvalue weighted by molar-refractivity contribution is 5.06. The molecule has 0 aromatic carbocycles. The smallest absolute Gasteiger partial charge is 0.0521 e. The lowest BCUT2D eigenvalue weighted by Crippen LogP contribution is -2.43. The van der Waals surface area contributed by atoms with E-state index < -0.39 is 0 Å². The molecule has 1 aliphatic rings. The van der Waals surface area contributed by atoms with Crippen molar-refractivity contribution in [2.24, 2.45) is 5.92 Å². The van der Waals surface area contributed by atoms with Crippen LogP contribution in [0, 0.1) is 5.92 Å². The number of nitrogens with one attached hydrogen (secondary N) is 1. The Morgan fingerprint density at radius 2 is 2.41 bits per heavy atom. The lowest BCUT2D eigenvalue weighted by atomic mass is 9.90. The van der Waals surface area contributed by atoms with Gasteiger partial charge in [0.2, 0.25) is 0 Å². The van der Waals surface area contributed by atoms with E-state index in [1.165, 1.54) is 5.56 Å². The predicted octanol–water partition coefficient (Wildman–Crippen LogP) is 1.46. The van der Waals surface area contributed by atoms with Gasteiger partial charge in [-0.15, -0.1) is 0 Å². The van der Waals surface area contributed by atoms with E-state index in [0.717, 1.165) is 39.1 Å². The predicted molar refractivity (Wildman–Crippen MR) is 68.0 cm³/mol. The van der Waals surface area contributed by atoms with E-state index in [1.807, 2.05) is 10.9 Å². The largest absolute Gasteiger partial charge is 0.381 e. The summed E-state index contributed by atoms with van der Waals surface area (Å²) < 4.78 is 7.58. The lowest BCUT2D eigenvalue weighted by molar-refractivity contribution is 0.0326. The fourth-order valence-corrected chi connectivity index (χ4v) is 2.52. The van der Waals surface area contributed by atoms with Crippen LogP contribution in [0.15, 0.2) is 12.4 Å². The fourth-order valence-electron chi connectivity index (χ4n) is 2.52. The van der Waals surface area contributed by atoms with Crippen molar-refractivity contribution < 1.29 is 4.74 Å². The Balaban J connectivity index is 1.95. The average molecular weight is 237 g/mol. The SMILES string of the molecule is CCNC1CCOCC1Cc1cnn(CC)c1. The molecular formula is C13H23N3O. The molecule has 4 nitrogen and oxygen atoms in total. The summed E-state index contributed by atoms with van der Waals surface area (Å²) in [5.74, 6) is 0.582. The number of aromatic nitrogens is 2. The summed E-state index contributed by atoms with van der Waals surface area (Å²) >= 11 is 0. The minimum absolute atomic E-state index is 0.582. The Kier molecular flexibility index (Phi) is 4.57. The molecule has 1 N–H and O–H groups in total. The number of ether oxygens (including phenoxy) is 1. The number of hydrogen-bond acceptors (Lipinski definition) is 3. The van der Waals surface area contributed by atoms with Crippen molar-refractivity contribution in [1.82, 2.24) is 15.1 Å². The second-order valence-corrected chi connectivity index (χ2v) is 4.70. The minimum Gasteiger partial charge on any atom is -0.381 e. The number of hydrogen-bond donors (Lipinski definition) is 1. The maximum atomic E-state index is 5.60. The molecule has 0 saturated carbocycles. The van der Waals surface area contributed by atoms with Gasteiger partial charge in [-0.3, -0.25) is 4.68 Å². The Hall–Kier alpha value is -0.870. The molecule has 2 rings (SSSR count). The van der Waals surface area contributed by atoms with E-state index in [9.17, 15) is 0 Å². The molecule has 2 unspecified atom stereocenters. The van der Waals surface area contributed by atoms with Crippen LogP contribution >= 0.6 is 0 Å². The normalized spacial score (nSPS) is 25.1. The Morgan fingerprint density at radius 3 is 3.12 bits per heavy atom. The summed E-state index contributed by atoms with van der Waals surface area (Å²) in [5, 5.41) is 7.90. The summed E-state index contributed by atoms with van der Waals surface area (Å²) in [6, 6.07) is 0.596. The lowest BCUT2D eigenvalue weighted by Gasteiger charge is -2.31. The molecule has 0 aliphatic carbocycles. The fraction of sp³-hybridized carbons (Fsp3) is 0.769. The van der Waals surface area contributed by atoms with Gasteiger partial charge in [0.1, 0.15) is 0 Å². The van der Waals surface area contributed by atoms with Gasteiger partial charge in [0.15, 0.2) is 0 Å². The van der Waals surface area contributed by atoms with E-state index in [4.69, 9.17) is 4.74 Å². The third kappa shape index (κ3) is 3.30. The van der Waals surface area contributed by atoms with Crippen LogP contribution in [0.25, 0.3) is 0 Å². The first-order valence-corrected chi connectivity index (χ1v) is 6.66. The van der Waals surface area contributed by atoms with Crippen LogP contribution in [0.4, 0.5) is 0 Å². The Morgan fingerprint density at radius 1 is 1.53 bits per heavy atom. The molecule has 0 bridgehead atoms. The van der Waals surface area contributed by atoms with Gasteiger partial charge in [0, 0.05) is 31.3 Å². The van der Waals surface area contributed by atoms with Gasteiger partial charge in [-0.1, -0.05) is 6.92 Å². The van der Waals surface area contributed by atoms with Gasteiger partial charge in [0.25, 0.3) is 0 Å². The van der Waals surface area contributed by atoms with Crippen LogP contribution in [0.1, 0.15) is 25.8 Å². The molecule has 1 aromatic heterocycles. The zero-order valence-electron chi connectivity index (χ0n) is 10.9. The molecule has 0 radical (unpaired) electrons. The van der Waals surface area contributed by atoms with Crippen LogP contribution in [-0.4, -0.2) is 35.6 Å². The molecule has 1 aromatic rings. The van der Waals surface area contributed by atoms with Crippen molar-refractivity contribution >= 4 is 0 Å². The standard InChI is InChI=1S/C13H23N3O/c1-3-14-13-5-6-17-10-12(13)7-11-8-15-16(4-2)9-11/h8-9,12-14H,3-7,10H2,1-2H3. The van der Waals surface area contributed by atoms with Crippen molar-refractivity contribution in [1.29, 1.82) is 0 Å². The van der Waals surface area contributed by atoms with Gasteiger partial charge < -0.3 is 10.1 Å². The minimum atomic E-state index is 0.582. The van der Waals surface area contributed by atoms with Gasteiger partial charge in [-0.2, -0.15) is 5.10 Å². The van der Waals surface area contributed by atoms with Crippen LogP contribution in [0.2, 0.25) is 0 Å². The van der Waals surface area contributed by atoms with E-state index in [2.05, 4.69) is 30.5 Å². The Bertz CT molecular complexity index is 335. The van der Waals surface area contributed by atoms with Crippen molar-refractivity contribution in [3.63, 3.8) is 0 Å². The quantitative estimate of drug-likeness (QED) is 0.842. The molecule has 2 atom stereocenters. The first-order valence-electron chi connectivity index (χ1n) is 6.66. The van der Waals surface area contributed by atoms with E-state index in [1.54, 1.807) is 0 Å². The number of rotatable bonds is 5. The van der Waals surface area contributed by atoms with E-state index in [0.29, 0.717) is 12.0 Å². The average Bonchev–Trinajstić information content (AvgIpc) is 2.80. The third-order valence-corrected chi connectivity index (χ3v) is 3.45. The summed E-state index contributed by atoms with van der Waals surface area (Å²) in [6.45, 7) is 8.02. The van der Waals surface area contributed by atoms with E-state index >= 15 is 0 Å². The van der Waals surface area contributed by atoms with Crippen LogP contribution < -0.4 is 5.32 Å². The number of nitrogens with zero attached hydrogens (tertiary/aromatic N) is 2. The Labute approximate surface area is 103 Å². The monoisotopic (exact) mass is 237 g/mol. The zero-order chi connectivity index (χ0) is 12.1. The highest BCUT2D eigenvalue weighted by Crippen LogP contribution is 2.19. The van der Waals surface area contributed by atoms with Crippen LogP contribution in [-0.2, 0) is 17.7 Å². The first kappa shape index (κ1) is 12.6. The summed E-state index contributed by atoms with van der Waals surface area (Å²) in [5.41, 5.74) is 1.32. The number of aryl methyl sites for hydroxylation is 1. The van der Waals surface area contributed by atoms with E-state index in [-0.39, 0.29) is 0 Å². The molecule has 17 heavy (non-hydrogen) atoms. The van der Waals surface area contributed by atoms with Crippen LogP contribution in [0.3, 0.4) is 0 Å². The molecule has 0 spiro atoms. The van der Waals surface area contributed by atoms with Crippen LogP contribution in [0.5, 0.6) is 0 Å². The van der Waals surface area contributed by atoms with Crippen molar-refractivity contribution in [3.8, 4) is 0 Å². The molecule has 96 valence electrons. The van der Waals surface area contributed by atoms with Gasteiger partial charge in [-0.05, 0) is 31.9 Å². The van der Waals surface area contributed by atoms with Crippen molar-refractivity contribution in [3.05, 3.63) is 18.0 Å². The molecule has 4 heteroatoms. The highest BCUT2D eigenvalue weighted by atomic mass is 16.5. The maximum absolute atomic E-state index is 5.60. The highest BCUT2D eigenvalue weighted by Gasteiger charge is 2.25. The zero-order valence-corrected chi connectivity index (χ0v) is 10.9. The van der Waals surface area contributed by atoms with Crippen molar-refractivity contribution in [2.75, 3.05) is 19.8 Å². The molecule has 1 saturated heterocycles. The summed E-state index contributed by atoms with van der Waals surface area (Å²) in [4.78, 5) is 0. The third-order valence-electron chi connectivity index (χ3n) is 3.45.